The summed E-state index contributed by atoms with van der Waals surface area (Å²) in [6, 6.07) is 10.6. The van der Waals surface area contributed by atoms with Gasteiger partial charge in [-0.3, -0.25) is 9.69 Å². The highest BCUT2D eigenvalue weighted by atomic mass is 35.5. The number of benzene rings is 1. The molecule has 0 aliphatic carbocycles. The molecule has 24 heavy (non-hydrogen) atoms. The number of nitrogens with one attached hydrogen (secondary N) is 1. The molecule has 4 nitrogen and oxygen atoms in total. The lowest BCUT2D eigenvalue weighted by atomic mass is 10.1. The molecule has 6 heteroatoms. The van der Waals surface area contributed by atoms with Gasteiger partial charge in [-0.25, -0.2) is 0 Å². The molecule has 0 spiro atoms. The summed E-state index contributed by atoms with van der Waals surface area (Å²) in [6.07, 6.45) is 1.80. The summed E-state index contributed by atoms with van der Waals surface area (Å²) in [7, 11) is 1.89. The molecular formula is C18H31Cl2N3O. The summed E-state index contributed by atoms with van der Waals surface area (Å²) >= 11 is 0. The van der Waals surface area contributed by atoms with E-state index in [0.29, 0.717) is 12.3 Å². The van der Waals surface area contributed by atoms with Gasteiger partial charge in [0.15, 0.2) is 0 Å². The first-order chi connectivity index (χ1) is 10.7. The number of carbonyl (C=O) groups excluding carboxylic acids is 1. The average Bonchev–Trinajstić information content (AvgIpc) is 2.98. The largest absolute Gasteiger partial charge is 0.343 e. The molecule has 1 fully saturated rings. The quantitative estimate of drug-likeness (QED) is 0.758. The molecule has 0 radical (unpaired) electrons. The van der Waals surface area contributed by atoms with Crippen LogP contribution in [0.4, 0.5) is 0 Å². The number of rotatable bonds is 8. The van der Waals surface area contributed by atoms with Crippen molar-refractivity contribution in [3.05, 3.63) is 35.9 Å². The first kappa shape index (κ1) is 23.2. The fourth-order valence-electron chi connectivity index (χ4n) is 3.16. The van der Waals surface area contributed by atoms with Crippen LogP contribution in [0.25, 0.3) is 0 Å². The van der Waals surface area contributed by atoms with Crippen molar-refractivity contribution in [2.45, 2.75) is 26.3 Å². The van der Waals surface area contributed by atoms with E-state index in [1.165, 1.54) is 12.0 Å². The van der Waals surface area contributed by atoms with Crippen LogP contribution < -0.4 is 5.32 Å². The number of carbonyl (C=O) groups is 1. The van der Waals surface area contributed by atoms with E-state index in [-0.39, 0.29) is 30.7 Å². The molecule has 1 saturated heterocycles. The first-order valence-corrected chi connectivity index (χ1v) is 8.41. The molecule has 1 aliphatic heterocycles. The topological polar surface area (TPSA) is 35.6 Å². The van der Waals surface area contributed by atoms with Gasteiger partial charge >= 0.3 is 0 Å². The fourth-order valence-corrected chi connectivity index (χ4v) is 3.16. The van der Waals surface area contributed by atoms with E-state index >= 15 is 0 Å². The molecule has 0 bridgehead atoms. The van der Waals surface area contributed by atoms with E-state index < -0.39 is 0 Å². The van der Waals surface area contributed by atoms with Crippen molar-refractivity contribution in [3.63, 3.8) is 0 Å². The zero-order chi connectivity index (χ0) is 15.8. The van der Waals surface area contributed by atoms with Crippen molar-refractivity contribution in [2.75, 3.05) is 39.8 Å². The molecule has 2 rings (SSSR count). The van der Waals surface area contributed by atoms with Crippen LogP contribution in [0.3, 0.4) is 0 Å². The van der Waals surface area contributed by atoms with E-state index in [1.807, 2.05) is 11.9 Å². The number of likely N-dealkylation sites (tertiary alicyclic amines) is 1. The Balaban J connectivity index is 0.00000264. The Labute approximate surface area is 158 Å². The van der Waals surface area contributed by atoms with Crippen LogP contribution in [-0.4, -0.2) is 55.5 Å². The fraction of sp³-hybridized carbons (Fsp3) is 0.611. The number of hydrogen-bond acceptors (Lipinski definition) is 3. The van der Waals surface area contributed by atoms with Gasteiger partial charge in [-0.05, 0) is 38.4 Å². The van der Waals surface area contributed by atoms with Gasteiger partial charge in [-0.15, -0.1) is 24.8 Å². The molecule has 1 unspecified atom stereocenters. The van der Waals surface area contributed by atoms with Gasteiger partial charge in [-0.1, -0.05) is 30.3 Å². The maximum absolute atomic E-state index is 12.2. The Morgan fingerprint density at radius 2 is 2.00 bits per heavy atom. The second-order valence-corrected chi connectivity index (χ2v) is 6.16. The smallest absolute Gasteiger partial charge is 0.223 e. The van der Waals surface area contributed by atoms with E-state index in [1.54, 1.807) is 0 Å². The van der Waals surface area contributed by atoms with Gasteiger partial charge in [0.25, 0.3) is 0 Å². The third kappa shape index (κ3) is 7.39. The van der Waals surface area contributed by atoms with Crippen LogP contribution in [0, 0.1) is 5.92 Å². The second-order valence-electron chi connectivity index (χ2n) is 6.16. The van der Waals surface area contributed by atoms with Crippen molar-refractivity contribution >= 4 is 30.7 Å². The summed E-state index contributed by atoms with van der Waals surface area (Å²) < 4.78 is 0. The van der Waals surface area contributed by atoms with Gasteiger partial charge in [-0.2, -0.15) is 0 Å². The van der Waals surface area contributed by atoms with Crippen LogP contribution in [0.5, 0.6) is 0 Å². The number of nitrogens with zero attached hydrogens (tertiary/aromatic N) is 2. The molecule has 1 heterocycles. The van der Waals surface area contributed by atoms with Crippen LogP contribution in [-0.2, 0) is 11.3 Å². The van der Waals surface area contributed by atoms with E-state index in [9.17, 15) is 4.79 Å². The van der Waals surface area contributed by atoms with Gasteiger partial charge in [0, 0.05) is 39.1 Å². The minimum Gasteiger partial charge on any atom is -0.343 e. The Bertz CT molecular complexity index is 459. The summed E-state index contributed by atoms with van der Waals surface area (Å²) in [4.78, 5) is 16.7. The number of halogens is 2. The molecule has 1 atom stereocenters. The highest BCUT2D eigenvalue weighted by Gasteiger charge is 2.25. The average molecular weight is 376 g/mol. The van der Waals surface area contributed by atoms with E-state index in [2.05, 4.69) is 47.5 Å². The molecule has 138 valence electrons. The number of amides is 1. The molecule has 1 aromatic carbocycles. The van der Waals surface area contributed by atoms with Gasteiger partial charge < -0.3 is 10.2 Å². The normalized spacial score (nSPS) is 17.0. The van der Waals surface area contributed by atoms with Gasteiger partial charge in [0.2, 0.25) is 5.91 Å². The molecule has 0 saturated carbocycles. The van der Waals surface area contributed by atoms with Crippen LogP contribution in [0.15, 0.2) is 30.3 Å². The zero-order valence-corrected chi connectivity index (χ0v) is 16.4. The van der Waals surface area contributed by atoms with Crippen LogP contribution in [0.1, 0.15) is 25.3 Å². The minimum atomic E-state index is 0. The Kier molecular flexibility index (Phi) is 12.1. The predicted molar refractivity (Wildman–Crippen MR) is 105 cm³/mol. The monoisotopic (exact) mass is 375 g/mol. The van der Waals surface area contributed by atoms with Gasteiger partial charge in [0.05, 0.1) is 0 Å². The second kappa shape index (κ2) is 12.5. The van der Waals surface area contributed by atoms with Crippen molar-refractivity contribution < 1.29 is 4.79 Å². The van der Waals surface area contributed by atoms with E-state index in [4.69, 9.17) is 0 Å². The van der Waals surface area contributed by atoms with Crippen molar-refractivity contribution in [1.29, 1.82) is 0 Å². The SMILES string of the molecule is CCN(CC1CCN(Cc2ccccc2)C1)C(=O)CCNC.Cl.Cl. The Hall–Kier alpha value is -0.810. The summed E-state index contributed by atoms with van der Waals surface area (Å²) in [5.41, 5.74) is 1.38. The number of hydrogen-bond donors (Lipinski definition) is 1. The van der Waals surface area contributed by atoms with Crippen molar-refractivity contribution in [3.8, 4) is 0 Å². The highest BCUT2D eigenvalue weighted by molar-refractivity contribution is 5.85. The standard InChI is InChI=1S/C18H29N3O.2ClH/c1-3-21(18(22)9-11-19-2)15-17-10-12-20(14-17)13-16-7-5-4-6-8-16;;/h4-8,17,19H,3,9-15H2,1-2H3;2*1H. The molecule has 1 aliphatic rings. The van der Waals surface area contributed by atoms with Crippen LogP contribution >= 0.6 is 24.8 Å². The lowest BCUT2D eigenvalue weighted by Gasteiger charge is -2.25. The first-order valence-electron chi connectivity index (χ1n) is 8.41. The van der Waals surface area contributed by atoms with Crippen LogP contribution in [0.2, 0.25) is 0 Å². The lowest BCUT2D eigenvalue weighted by Crippen LogP contribution is -2.37. The lowest BCUT2D eigenvalue weighted by molar-refractivity contribution is -0.131. The Morgan fingerprint density at radius 3 is 2.62 bits per heavy atom. The van der Waals surface area contributed by atoms with Crippen molar-refractivity contribution in [2.24, 2.45) is 5.92 Å². The Morgan fingerprint density at radius 1 is 1.29 bits per heavy atom. The summed E-state index contributed by atoms with van der Waals surface area (Å²) in [5.74, 6) is 0.889. The van der Waals surface area contributed by atoms with Crippen molar-refractivity contribution in [1.82, 2.24) is 15.1 Å². The molecule has 1 amide bonds. The molecule has 1 aromatic rings. The third-order valence-electron chi connectivity index (χ3n) is 4.42. The summed E-state index contributed by atoms with van der Waals surface area (Å²) in [6.45, 7) is 7.83. The van der Waals surface area contributed by atoms with Gasteiger partial charge in [0.1, 0.15) is 0 Å². The molecular weight excluding hydrogens is 345 g/mol. The predicted octanol–water partition coefficient (Wildman–Crippen LogP) is 2.81. The maximum Gasteiger partial charge on any atom is 0.223 e. The van der Waals surface area contributed by atoms with E-state index in [0.717, 1.165) is 39.3 Å². The maximum atomic E-state index is 12.2. The molecule has 1 N–H and O–H groups in total. The summed E-state index contributed by atoms with van der Waals surface area (Å²) in [5, 5.41) is 3.05. The molecule has 0 aromatic heterocycles. The third-order valence-corrected chi connectivity index (χ3v) is 4.42. The zero-order valence-electron chi connectivity index (χ0n) is 14.7. The highest BCUT2D eigenvalue weighted by Crippen LogP contribution is 2.20. The minimum absolute atomic E-state index is 0.